The van der Waals surface area contributed by atoms with E-state index < -0.39 is 0 Å². The van der Waals surface area contributed by atoms with E-state index in [9.17, 15) is 4.79 Å². The Hall–Kier alpha value is -1.80. The Morgan fingerprint density at radius 3 is 2.50 bits per heavy atom. The second-order valence-electron chi connectivity index (χ2n) is 4.04. The first-order valence-electron chi connectivity index (χ1n) is 5.94. The molecule has 0 aliphatic rings. The van der Waals surface area contributed by atoms with Crippen LogP contribution in [0.3, 0.4) is 0 Å². The quantitative estimate of drug-likeness (QED) is 0.599. The van der Waals surface area contributed by atoms with Crippen molar-refractivity contribution >= 4 is 35.0 Å². The Kier molecular flexibility index (Phi) is 5.19. The highest BCUT2D eigenvalue weighted by atomic mass is 35.5. The van der Waals surface area contributed by atoms with Gasteiger partial charge < -0.3 is 4.74 Å². The van der Waals surface area contributed by atoms with Gasteiger partial charge in [-0.05, 0) is 35.9 Å². The fraction of sp³-hybridized carbons (Fsp3) is 0.133. The van der Waals surface area contributed by atoms with Crippen LogP contribution in [0.2, 0.25) is 10.0 Å². The summed E-state index contributed by atoms with van der Waals surface area (Å²) in [6, 6.07) is 12.5. The summed E-state index contributed by atoms with van der Waals surface area (Å²) in [7, 11) is 0. The maximum atomic E-state index is 10.1. The zero-order valence-electron chi connectivity index (χ0n) is 10.5. The Morgan fingerprint density at radius 1 is 1.10 bits per heavy atom. The topological polar surface area (TPSA) is 38.7 Å². The first-order chi connectivity index (χ1) is 9.69. The molecule has 0 heterocycles. The molecular formula is C15H11Cl2NO2. The molecule has 5 heteroatoms. The van der Waals surface area contributed by atoms with E-state index in [0.717, 1.165) is 12.0 Å². The van der Waals surface area contributed by atoms with Crippen molar-refractivity contribution in [3.63, 3.8) is 0 Å². The van der Waals surface area contributed by atoms with Gasteiger partial charge >= 0.3 is 0 Å². The SMILES string of the molecule is O=C=Nc1ccc(OCCc2ccc(Cl)cc2)c(Cl)c1. The Balaban J connectivity index is 1.94. The molecule has 0 atom stereocenters. The molecule has 0 aliphatic carbocycles. The highest BCUT2D eigenvalue weighted by Gasteiger charge is 2.03. The van der Waals surface area contributed by atoms with Crippen molar-refractivity contribution in [2.45, 2.75) is 6.42 Å². The second kappa shape index (κ2) is 7.11. The summed E-state index contributed by atoms with van der Waals surface area (Å²) in [6.07, 6.45) is 2.22. The number of halogens is 2. The molecule has 0 aromatic heterocycles. The van der Waals surface area contributed by atoms with Crippen molar-refractivity contribution in [3.8, 4) is 5.75 Å². The molecule has 3 nitrogen and oxygen atoms in total. The van der Waals surface area contributed by atoms with Crippen molar-refractivity contribution in [1.82, 2.24) is 0 Å². The molecule has 20 heavy (non-hydrogen) atoms. The van der Waals surface area contributed by atoms with E-state index in [1.54, 1.807) is 18.2 Å². The number of isocyanates is 1. The number of benzene rings is 2. The van der Waals surface area contributed by atoms with Gasteiger partial charge in [0, 0.05) is 11.4 Å². The lowest BCUT2D eigenvalue weighted by Crippen LogP contribution is -2.01. The molecule has 0 saturated carbocycles. The summed E-state index contributed by atoms with van der Waals surface area (Å²) in [4.78, 5) is 13.6. The minimum atomic E-state index is 0.414. The first-order valence-corrected chi connectivity index (χ1v) is 6.69. The number of hydrogen-bond acceptors (Lipinski definition) is 3. The highest BCUT2D eigenvalue weighted by Crippen LogP contribution is 2.28. The van der Waals surface area contributed by atoms with Crippen LogP contribution in [0, 0.1) is 0 Å². The summed E-state index contributed by atoms with van der Waals surface area (Å²) < 4.78 is 5.60. The fourth-order valence-corrected chi connectivity index (χ4v) is 2.01. The average Bonchev–Trinajstić information content (AvgIpc) is 2.44. The molecule has 0 saturated heterocycles. The number of hydrogen-bond donors (Lipinski definition) is 0. The van der Waals surface area contributed by atoms with Crippen molar-refractivity contribution < 1.29 is 9.53 Å². The van der Waals surface area contributed by atoms with Gasteiger partial charge in [-0.15, -0.1) is 0 Å². The lowest BCUT2D eigenvalue weighted by atomic mass is 10.2. The molecule has 0 bridgehead atoms. The van der Waals surface area contributed by atoms with Gasteiger partial charge in [-0.1, -0.05) is 35.3 Å². The fourth-order valence-electron chi connectivity index (χ4n) is 1.66. The van der Waals surface area contributed by atoms with E-state index in [1.807, 2.05) is 24.3 Å². The molecule has 0 amide bonds. The van der Waals surface area contributed by atoms with Crippen LogP contribution in [-0.2, 0) is 11.2 Å². The lowest BCUT2D eigenvalue weighted by molar-refractivity contribution is 0.322. The summed E-state index contributed by atoms with van der Waals surface area (Å²) in [5.74, 6) is 0.561. The van der Waals surface area contributed by atoms with Crippen LogP contribution in [0.4, 0.5) is 5.69 Å². The highest BCUT2D eigenvalue weighted by molar-refractivity contribution is 6.32. The molecule has 0 fully saturated rings. The second-order valence-corrected chi connectivity index (χ2v) is 4.89. The molecule has 102 valence electrons. The summed E-state index contributed by atoms with van der Waals surface area (Å²) in [5.41, 5.74) is 1.59. The number of rotatable bonds is 5. The van der Waals surface area contributed by atoms with Crippen molar-refractivity contribution in [3.05, 3.63) is 58.1 Å². The minimum Gasteiger partial charge on any atom is -0.492 e. The third-order valence-electron chi connectivity index (χ3n) is 2.65. The molecule has 0 radical (unpaired) electrons. The van der Waals surface area contributed by atoms with Crippen LogP contribution in [-0.4, -0.2) is 12.7 Å². The van der Waals surface area contributed by atoms with Crippen LogP contribution >= 0.6 is 23.2 Å². The van der Waals surface area contributed by atoms with Crippen molar-refractivity contribution in [1.29, 1.82) is 0 Å². The molecule has 2 aromatic carbocycles. The van der Waals surface area contributed by atoms with Crippen LogP contribution in [0.15, 0.2) is 47.5 Å². The largest absolute Gasteiger partial charge is 0.492 e. The number of carbonyl (C=O) groups excluding carboxylic acids is 1. The van der Waals surface area contributed by atoms with Crippen molar-refractivity contribution in [2.24, 2.45) is 4.99 Å². The zero-order chi connectivity index (χ0) is 14.4. The maximum Gasteiger partial charge on any atom is 0.240 e. The van der Waals surface area contributed by atoms with Gasteiger partial charge in [0.25, 0.3) is 0 Å². The van der Waals surface area contributed by atoms with E-state index in [2.05, 4.69) is 4.99 Å². The van der Waals surface area contributed by atoms with Gasteiger partial charge in [0.2, 0.25) is 6.08 Å². The minimum absolute atomic E-state index is 0.414. The molecule has 0 unspecified atom stereocenters. The van der Waals surface area contributed by atoms with Gasteiger partial charge in [-0.25, -0.2) is 4.79 Å². The van der Waals surface area contributed by atoms with Crippen LogP contribution in [0.5, 0.6) is 5.75 Å². The molecule has 2 aromatic rings. The Morgan fingerprint density at radius 2 is 1.85 bits per heavy atom. The Bertz CT molecular complexity index is 635. The third kappa shape index (κ3) is 4.10. The average molecular weight is 308 g/mol. The van der Waals surface area contributed by atoms with Gasteiger partial charge in [0.05, 0.1) is 17.3 Å². The molecular weight excluding hydrogens is 297 g/mol. The smallest absolute Gasteiger partial charge is 0.240 e. The molecule has 0 spiro atoms. The molecule has 0 aliphatic heterocycles. The maximum absolute atomic E-state index is 10.1. The van der Waals surface area contributed by atoms with E-state index in [4.69, 9.17) is 27.9 Å². The zero-order valence-corrected chi connectivity index (χ0v) is 12.0. The summed E-state index contributed by atoms with van der Waals surface area (Å²) >= 11 is 11.9. The predicted octanol–water partition coefficient (Wildman–Crippen LogP) is 4.58. The normalized spacial score (nSPS) is 9.90. The summed E-state index contributed by atoms with van der Waals surface area (Å²) in [6.45, 7) is 0.498. The standard InChI is InChI=1S/C15H11Cl2NO2/c16-12-3-1-11(2-4-12)7-8-20-15-6-5-13(18-10-19)9-14(15)17/h1-6,9H,7-8H2. The first kappa shape index (κ1) is 14.6. The van der Waals surface area contributed by atoms with Gasteiger partial charge in [0.1, 0.15) is 5.75 Å². The lowest BCUT2D eigenvalue weighted by Gasteiger charge is -2.08. The molecule has 2 rings (SSSR count). The van der Waals surface area contributed by atoms with E-state index in [1.165, 1.54) is 6.08 Å². The Labute approximate surface area is 126 Å². The number of ether oxygens (including phenoxy) is 1. The third-order valence-corrected chi connectivity index (χ3v) is 3.20. The van der Waals surface area contributed by atoms with Gasteiger partial charge in [-0.3, -0.25) is 0 Å². The summed E-state index contributed by atoms with van der Waals surface area (Å²) in [5, 5.41) is 1.13. The van der Waals surface area contributed by atoms with E-state index in [0.29, 0.717) is 28.1 Å². The monoisotopic (exact) mass is 307 g/mol. The molecule has 0 N–H and O–H groups in total. The van der Waals surface area contributed by atoms with Gasteiger partial charge in [0.15, 0.2) is 0 Å². The van der Waals surface area contributed by atoms with Crippen molar-refractivity contribution in [2.75, 3.05) is 6.61 Å². The van der Waals surface area contributed by atoms with Gasteiger partial charge in [-0.2, -0.15) is 4.99 Å². The van der Waals surface area contributed by atoms with Crippen LogP contribution in [0.1, 0.15) is 5.56 Å². The predicted molar refractivity (Wildman–Crippen MR) is 79.9 cm³/mol. The number of nitrogens with zero attached hydrogens (tertiary/aromatic N) is 1. The van der Waals surface area contributed by atoms with Crippen LogP contribution in [0.25, 0.3) is 0 Å². The van der Waals surface area contributed by atoms with E-state index >= 15 is 0 Å². The van der Waals surface area contributed by atoms with E-state index in [-0.39, 0.29) is 0 Å². The van der Waals surface area contributed by atoms with Crippen LogP contribution < -0.4 is 4.74 Å². The number of aliphatic imine (C=N–C) groups is 1.